The number of carbonyl (C=O) groups is 2. The molecule has 0 unspecified atom stereocenters. The van der Waals surface area contributed by atoms with Gasteiger partial charge >= 0.3 is 5.97 Å². The number of hydrogen-bond acceptors (Lipinski definition) is 5. The zero-order valence-corrected chi connectivity index (χ0v) is 10.2. The highest BCUT2D eigenvalue weighted by molar-refractivity contribution is 5.96. The highest BCUT2D eigenvalue weighted by Gasteiger charge is 2.18. The molecular formula is C13H12N2O4. The van der Waals surface area contributed by atoms with Crippen LogP contribution in [-0.4, -0.2) is 33.7 Å². The van der Waals surface area contributed by atoms with E-state index in [2.05, 4.69) is 5.10 Å². The van der Waals surface area contributed by atoms with Crippen LogP contribution in [0.1, 0.15) is 27.8 Å². The molecule has 0 aliphatic heterocycles. The van der Waals surface area contributed by atoms with Crippen LogP contribution in [0.25, 0.3) is 5.69 Å². The number of esters is 1. The number of ether oxygens (including phenoxy) is 1. The van der Waals surface area contributed by atoms with Crippen molar-refractivity contribution in [2.75, 3.05) is 6.61 Å². The molecule has 0 atom stereocenters. The Kier molecular flexibility index (Phi) is 3.61. The van der Waals surface area contributed by atoms with Gasteiger partial charge in [0.15, 0.2) is 12.0 Å². The van der Waals surface area contributed by atoms with Crippen molar-refractivity contribution in [2.24, 2.45) is 0 Å². The molecule has 0 spiro atoms. The first-order chi connectivity index (χ1) is 9.15. The highest BCUT2D eigenvalue weighted by atomic mass is 16.5. The largest absolute Gasteiger partial charge is 0.508 e. The molecule has 0 fully saturated rings. The maximum atomic E-state index is 11.6. The Labute approximate surface area is 109 Å². The van der Waals surface area contributed by atoms with E-state index in [0.717, 1.165) is 0 Å². The first kappa shape index (κ1) is 12.8. The van der Waals surface area contributed by atoms with Gasteiger partial charge in [-0.2, -0.15) is 5.10 Å². The summed E-state index contributed by atoms with van der Waals surface area (Å²) in [5.41, 5.74) is 0.639. The molecule has 2 rings (SSSR count). The number of carbonyl (C=O) groups excluding carboxylic acids is 2. The van der Waals surface area contributed by atoms with E-state index >= 15 is 0 Å². The molecule has 0 radical (unpaired) electrons. The van der Waals surface area contributed by atoms with Crippen LogP contribution in [0.4, 0.5) is 0 Å². The van der Waals surface area contributed by atoms with Gasteiger partial charge in [-0.15, -0.1) is 0 Å². The van der Waals surface area contributed by atoms with Crippen LogP contribution >= 0.6 is 0 Å². The minimum atomic E-state index is -0.650. The lowest BCUT2D eigenvalue weighted by molar-refractivity contribution is 0.0517. The molecule has 1 N–H and O–H groups in total. The van der Waals surface area contributed by atoms with E-state index in [-0.39, 0.29) is 23.6 Å². The fourth-order valence-corrected chi connectivity index (χ4v) is 1.60. The van der Waals surface area contributed by atoms with Crippen molar-refractivity contribution >= 4 is 12.3 Å². The van der Waals surface area contributed by atoms with E-state index in [1.54, 1.807) is 19.1 Å². The van der Waals surface area contributed by atoms with Crippen molar-refractivity contribution < 1.29 is 19.4 Å². The third-order valence-corrected chi connectivity index (χ3v) is 2.43. The van der Waals surface area contributed by atoms with Crippen LogP contribution in [0.2, 0.25) is 0 Å². The van der Waals surface area contributed by atoms with Crippen LogP contribution in [0.5, 0.6) is 5.75 Å². The van der Waals surface area contributed by atoms with E-state index in [0.29, 0.717) is 12.0 Å². The van der Waals surface area contributed by atoms with E-state index in [9.17, 15) is 14.7 Å². The van der Waals surface area contributed by atoms with Crippen molar-refractivity contribution in [1.29, 1.82) is 0 Å². The third-order valence-electron chi connectivity index (χ3n) is 2.43. The monoisotopic (exact) mass is 260 g/mol. The Morgan fingerprint density at radius 1 is 1.53 bits per heavy atom. The molecule has 1 aromatic heterocycles. The molecule has 0 aliphatic rings. The highest BCUT2D eigenvalue weighted by Crippen LogP contribution is 2.16. The second kappa shape index (κ2) is 5.34. The summed E-state index contributed by atoms with van der Waals surface area (Å²) in [5.74, 6) is -0.582. The maximum absolute atomic E-state index is 11.6. The number of hydrogen-bond donors (Lipinski definition) is 1. The van der Waals surface area contributed by atoms with Gasteiger partial charge in [0.2, 0.25) is 0 Å². The maximum Gasteiger partial charge on any atom is 0.359 e. The summed E-state index contributed by atoms with van der Waals surface area (Å²) in [7, 11) is 0. The molecule has 0 saturated heterocycles. The minimum absolute atomic E-state index is 0.0415. The number of phenols is 1. The van der Waals surface area contributed by atoms with Gasteiger partial charge in [0.25, 0.3) is 0 Å². The number of aldehydes is 1. The zero-order valence-electron chi connectivity index (χ0n) is 10.2. The molecule has 1 aromatic carbocycles. The predicted molar refractivity (Wildman–Crippen MR) is 66.6 cm³/mol. The van der Waals surface area contributed by atoms with Gasteiger partial charge in [0, 0.05) is 12.3 Å². The number of benzene rings is 1. The van der Waals surface area contributed by atoms with Gasteiger partial charge in [-0.25, -0.2) is 9.48 Å². The fraction of sp³-hybridized carbons (Fsp3) is 0.154. The lowest BCUT2D eigenvalue weighted by Gasteiger charge is -2.01. The number of rotatable bonds is 4. The minimum Gasteiger partial charge on any atom is -0.508 e. The molecule has 1 heterocycles. The molecule has 0 aliphatic carbocycles. The normalized spacial score (nSPS) is 10.2. The molecule has 0 bridgehead atoms. The summed E-state index contributed by atoms with van der Waals surface area (Å²) in [4.78, 5) is 22.6. The quantitative estimate of drug-likeness (QED) is 0.666. The first-order valence-corrected chi connectivity index (χ1v) is 5.67. The Balaban J connectivity index is 2.44. The van der Waals surface area contributed by atoms with Crippen LogP contribution in [-0.2, 0) is 4.74 Å². The first-order valence-electron chi connectivity index (χ1n) is 5.67. The molecule has 0 saturated carbocycles. The van der Waals surface area contributed by atoms with Gasteiger partial charge in [-0.1, -0.05) is 6.07 Å². The lowest BCUT2D eigenvalue weighted by Crippen LogP contribution is -2.08. The Morgan fingerprint density at radius 2 is 2.32 bits per heavy atom. The fourth-order valence-electron chi connectivity index (χ4n) is 1.60. The van der Waals surface area contributed by atoms with Crippen molar-refractivity contribution in [1.82, 2.24) is 9.78 Å². The summed E-state index contributed by atoms with van der Waals surface area (Å²) in [5, 5.41) is 13.4. The van der Waals surface area contributed by atoms with Crippen LogP contribution < -0.4 is 0 Å². The summed E-state index contributed by atoms with van der Waals surface area (Å²) >= 11 is 0. The van der Waals surface area contributed by atoms with Crippen LogP contribution in [0, 0.1) is 0 Å². The average molecular weight is 260 g/mol. The average Bonchev–Trinajstić information content (AvgIpc) is 2.83. The molecule has 6 heteroatoms. The van der Waals surface area contributed by atoms with Crippen LogP contribution in [0.15, 0.2) is 30.5 Å². The third kappa shape index (κ3) is 2.62. The van der Waals surface area contributed by atoms with Crippen molar-refractivity contribution in [2.45, 2.75) is 6.92 Å². The Morgan fingerprint density at radius 3 is 2.95 bits per heavy atom. The van der Waals surface area contributed by atoms with E-state index in [4.69, 9.17) is 4.74 Å². The van der Waals surface area contributed by atoms with Crippen molar-refractivity contribution in [3.63, 3.8) is 0 Å². The zero-order chi connectivity index (χ0) is 13.8. The summed E-state index contributed by atoms with van der Waals surface area (Å²) in [6.07, 6.45) is 1.95. The van der Waals surface area contributed by atoms with Crippen LogP contribution in [0.3, 0.4) is 0 Å². The molecule has 6 nitrogen and oxygen atoms in total. The number of nitrogens with zero attached hydrogens (tertiary/aromatic N) is 2. The van der Waals surface area contributed by atoms with E-state index in [1.165, 1.54) is 23.0 Å². The molecule has 98 valence electrons. The number of aromatic hydroxyl groups is 1. The van der Waals surface area contributed by atoms with Gasteiger partial charge in [0.1, 0.15) is 5.75 Å². The topological polar surface area (TPSA) is 81.4 Å². The summed E-state index contributed by atoms with van der Waals surface area (Å²) in [6, 6.07) is 6.31. The van der Waals surface area contributed by atoms with Gasteiger partial charge in [-0.05, 0) is 19.1 Å². The van der Waals surface area contributed by atoms with Gasteiger partial charge in [-0.3, -0.25) is 4.79 Å². The predicted octanol–water partition coefficient (Wildman–Crippen LogP) is 1.57. The van der Waals surface area contributed by atoms with Gasteiger partial charge < -0.3 is 9.84 Å². The molecule has 0 amide bonds. The summed E-state index contributed by atoms with van der Waals surface area (Å²) in [6.45, 7) is 1.88. The smallest absolute Gasteiger partial charge is 0.359 e. The molecule has 19 heavy (non-hydrogen) atoms. The molecule has 2 aromatic rings. The number of phenolic OH excluding ortho intramolecular Hbond substituents is 1. The SMILES string of the molecule is CCOC(=O)c1nn(-c2cccc(O)c2)cc1C=O. The summed E-state index contributed by atoms with van der Waals surface area (Å²) < 4.78 is 6.16. The Bertz CT molecular complexity index is 619. The van der Waals surface area contributed by atoms with E-state index in [1.807, 2.05) is 0 Å². The standard InChI is InChI=1S/C13H12N2O4/c1-2-19-13(18)12-9(8-16)7-15(14-12)10-4-3-5-11(17)6-10/h3-8,17H,2H2,1H3. The lowest BCUT2D eigenvalue weighted by atomic mass is 10.3. The van der Waals surface area contributed by atoms with Gasteiger partial charge in [0.05, 0.1) is 17.9 Å². The van der Waals surface area contributed by atoms with E-state index < -0.39 is 5.97 Å². The number of aromatic nitrogens is 2. The van der Waals surface area contributed by atoms with Crippen molar-refractivity contribution in [3.8, 4) is 11.4 Å². The second-order valence-electron chi connectivity index (χ2n) is 3.74. The second-order valence-corrected chi connectivity index (χ2v) is 3.74. The Hall–Kier alpha value is -2.63. The van der Waals surface area contributed by atoms with Crippen molar-refractivity contribution in [3.05, 3.63) is 41.7 Å². The molecular weight excluding hydrogens is 248 g/mol.